The topological polar surface area (TPSA) is 36.1 Å². The van der Waals surface area contributed by atoms with Crippen LogP contribution in [0.1, 0.15) is 42.4 Å². The Morgan fingerprint density at radius 3 is 2.45 bits per heavy atom. The summed E-state index contributed by atoms with van der Waals surface area (Å²) < 4.78 is 0. The summed E-state index contributed by atoms with van der Waals surface area (Å²) in [5.41, 5.74) is 4.23. The highest BCUT2D eigenvalue weighted by Gasteiger charge is 2.20. The highest BCUT2D eigenvalue weighted by Crippen LogP contribution is 2.23. The van der Waals surface area contributed by atoms with Gasteiger partial charge in [0.25, 0.3) is 5.91 Å². The summed E-state index contributed by atoms with van der Waals surface area (Å²) in [6.45, 7) is 10.5. The molecule has 0 aliphatic heterocycles. The van der Waals surface area contributed by atoms with E-state index in [0.717, 1.165) is 22.2 Å². The van der Waals surface area contributed by atoms with Crippen LogP contribution in [-0.2, 0) is 0 Å². The van der Waals surface area contributed by atoms with Crippen molar-refractivity contribution >= 4 is 16.8 Å². The van der Waals surface area contributed by atoms with E-state index >= 15 is 0 Å². The fourth-order valence-corrected chi connectivity index (χ4v) is 2.43. The molecule has 2 aromatic rings. The zero-order valence-electron chi connectivity index (χ0n) is 13.2. The number of nitrogens with one attached hydrogen (secondary N) is 1. The number of benzene rings is 1. The first-order chi connectivity index (χ1) is 9.32. The van der Waals surface area contributed by atoms with Gasteiger partial charge in [0.2, 0.25) is 0 Å². The molecule has 1 aromatic carbocycles. The van der Waals surface area contributed by atoms with Crippen LogP contribution in [0.15, 0.2) is 18.2 Å². The number of amides is 1. The Hall–Kier alpha value is -1.77. The van der Waals surface area contributed by atoms with Gasteiger partial charge in [-0.3, -0.25) is 4.79 Å². The average Bonchev–Trinajstić information content (AvgIpc) is 2.71. The third kappa shape index (κ3) is 2.45. The maximum Gasteiger partial charge on any atom is 0.253 e. The number of carbonyl (C=O) groups excluding carboxylic acids is 1. The standard InChI is InChI=1S/C17H24N2O/c1-10(2)13(5)19(6)17(20)14-7-8-16-15(9-14)11(3)12(4)18-16/h7-10,13,18H,1-6H3. The summed E-state index contributed by atoms with van der Waals surface area (Å²) in [5.74, 6) is 0.537. The van der Waals surface area contributed by atoms with E-state index < -0.39 is 0 Å². The number of nitrogens with zero attached hydrogens (tertiary/aromatic N) is 1. The molecule has 1 atom stereocenters. The molecule has 0 radical (unpaired) electrons. The molecule has 0 aliphatic carbocycles. The summed E-state index contributed by atoms with van der Waals surface area (Å²) in [4.78, 5) is 17.7. The zero-order chi connectivity index (χ0) is 15.0. The van der Waals surface area contributed by atoms with E-state index in [4.69, 9.17) is 0 Å². The molecule has 0 spiro atoms. The second-order valence-corrected chi connectivity index (χ2v) is 6.04. The molecule has 1 unspecified atom stereocenters. The molecule has 3 heteroatoms. The van der Waals surface area contributed by atoms with Crippen molar-refractivity contribution in [1.82, 2.24) is 9.88 Å². The van der Waals surface area contributed by atoms with Crippen LogP contribution in [0, 0.1) is 19.8 Å². The lowest BCUT2D eigenvalue weighted by Crippen LogP contribution is -2.38. The van der Waals surface area contributed by atoms with Crippen molar-refractivity contribution in [1.29, 1.82) is 0 Å². The van der Waals surface area contributed by atoms with Gasteiger partial charge in [0.05, 0.1) is 0 Å². The van der Waals surface area contributed by atoms with E-state index in [-0.39, 0.29) is 11.9 Å². The number of fused-ring (bicyclic) bond motifs is 1. The van der Waals surface area contributed by atoms with Gasteiger partial charge in [-0.15, -0.1) is 0 Å². The Morgan fingerprint density at radius 2 is 1.85 bits per heavy atom. The Balaban J connectivity index is 2.38. The molecule has 0 aliphatic rings. The smallest absolute Gasteiger partial charge is 0.253 e. The number of aromatic nitrogens is 1. The predicted molar refractivity (Wildman–Crippen MR) is 84.2 cm³/mol. The molecule has 0 bridgehead atoms. The van der Waals surface area contributed by atoms with Crippen LogP contribution < -0.4 is 0 Å². The monoisotopic (exact) mass is 272 g/mol. The first-order valence-corrected chi connectivity index (χ1v) is 7.19. The van der Waals surface area contributed by atoms with Crippen molar-refractivity contribution in [3.63, 3.8) is 0 Å². The Bertz CT molecular complexity index is 640. The first kappa shape index (κ1) is 14.6. The molecule has 2 rings (SSSR count). The van der Waals surface area contributed by atoms with Crippen LogP contribution in [0.25, 0.3) is 10.9 Å². The molecule has 0 fully saturated rings. The van der Waals surface area contributed by atoms with Crippen LogP contribution >= 0.6 is 0 Å². The van der Waals surface area contributed by atoms with Gasteiger partial charge in [-0.25, -0.2) is 0 Å². The molecule has 1 amide bonds. The average molecular weight is 272 g/mol. The quantitative estimate of drug-likeness (QED) is 0.903. The number of hydrogen-bond donors (Lipinski definition) is 1. The van der Waals surface area contributed by atoms with Crippen molar-refractivity contribution in [2.45, 2.75) is 40.7 Å². The van der Waals surface area contributed by atoms with Crippen molar-refractivity contribution in [3.05, 3.63) is 35.0 Å². The van der Waals surface area contributed by atoms with E-state index in [9.17, 15) is 4.79 Å². The number of H-pyrrole nitrogens is 1. The summed E-state index contributed by atoms with van der Waals surface area (Å²) in [6, 6.07) is 6.13. The fraction of sp³-hybridized carbons (Fsp3) is 0.471. The number of rotatable bonds is 3. The first-order valence-electron chi connectivity index (χ1n) is 7.19. The van der Waals surface area contributed by atoms with E-state index in [1.54, 1.807) is 0 Å². The molecule has 1 N–H and O–H groups in total. The van der Waals surface area contributed by atoms with Gasteiger partial charge < -0.3 is 9.88 Å². The van der Waals surface area contributed by atoms with Gasteiger partial charge in [-0.1, -0.05) is 13.8 Å². The van der Waals surface area contributed by atoms with Gasteiger partial charge in [-0.05, 0) is 50.5 Å². The highest BCUT2D eigenvalue weighted by atomic mass is 16.2. The normalized spacial score (nSPS) is 12.9. The minimum Gasteiger partial charge on any atom is -0.358 e. The van der Waals surface area contributed by atoms with Crippen molar-refractivity contribution in [2.75, 3.05) is 7.05 Å². The van der Waals surface area contributed by atoms with Gasteiger partial charge in [0, 0.05) is 35.2 Å². The molecule has 20 heavy (non-hydrogen) atoms. The van der Waals surface area contributed by atoms with Gasteiger partial charge in [-0.2, -0.15) is 0 Å². The van der Waals surface area contributed by atoms with Gasteiger partial charge >= 0.3 is 0 Å². The predicted octanol–water partition coefficient (Wildman–Crippen LogP) is 3.90. The van der Waals surface area contributed by atoms with Gasteiger partial charge in [0.15, 0.2) is 0 Å². The third-order valence-electron chi connectivity index (χ3n) is 4.45. The Kier molecular flexibility index (Phi) is 3.89. The number of carbonyl (C=O) groups is 1. The van der Waals surface area contributed by atoms with E-state index in [2.05, 4.69) is 39.6 Å². The molecule has 1 aromatic heterocycles. The highest BCUT2D eigenvalue weighted by molar-refractivity contribution is 5.99. The summed E-state index contributed by atoms with van der Waals surface area (Å²) in [6.07, 6.45) is 0. The van der Waals surface area contributed by atoms with E-state index in [1.807, 2.05) is 30.1 Å². The molecule has 3 nitrogen and oxygen atoms in total. The summed E-state index contributed by atoms with van der Waals surface area (Å²) in [5, 5.41) is 1.14. The minimum atomic E-state index is 0.0892. The maximum atomic E-state index is 12.6. The number of aryl methyl sites for hydroxylation is 2. The van der Waals surface area contributed by atoms with Crippen LogP contribution in [-0.4, -0.2) is 28.9 Å². The van der Waals surface area contributed by atoms with E-state index in [0.29, 0.717) is 5.92 Å². The fourth-order valence-electron chi connectivity index (χ4n) is 2.43. The van der Waals surface area contributed by atoms with Crippen LogP contribution in [0.4, 0.5) is 0 Å². The lowest BCUT2D eigenvalue weighted by Gasteiger charge is -2.28. The Morgan fingerprint density at radius 1 is 1.20 bits per heavy atom. The molecule has 108 valence electrons. The van der Waals surface area contributed by atoms with Crippen molar-refractivity contribution < 1.29 is 4.79 Å². The number of hydrogen-bond acceptors (Lipinski definition) is 1. The van der Waals surface area contributed by atoms with Crippen LogP contribution in [0.5, 0.6) is 0 Å². The SMILES string of the molecule is Cc1[nH]c2ccc(C(=O)N(C)C(C)C(C)C)cc2c1C. The largest absolute Gasteiger partial charge is 0.358 e. The lowest BCUT2D eigenvalue weighted by molar-refractivity contribution is 0.0707. The Labute approximate surface area is 121 Å². The van der Waals surface area contributed by atoms with E-state index in [1.165, 1.54) is 5.56 Å². The summed E-state index contributed by atoms with van der Waals surface area (Å²) in [7, 11) is 1.88. The van der Waals surface area contributed by atoms with Crippen LogP contribution in [0.2, 0.25) is 0 Å². The second kappa shape index (κ2) is 5.31. The molecule has 0 saturated heterocycles. The molecular formula is C17H24N2O. The lowest BCUT2D eigenvalue weighted by atomic mass is 10.0. The molecular weight excluding hydrogens is 248 g/mol. The van der Waals surface area contributed by atoms with Crippen molar-refractivity contribution in [2.24, 2.45) is 5.92 Å². The van der Waals surface area contributed by atoms with Crippen LogP contribution in [0.3, 0.4) is 0 Å². The molecule has 1 heterocycles. The third-order valence-corrected chi connectivity index (χ3v) is 4.45. The maximum absolute atomic E-state index is 12.6. The second-order valence-electron chi connectivity index (χ2n) is 6.04. The van der Waals surface area contributed by atoms with Crippen molar-refractivity contribution in [3.8, 4) is 0 Å². The zero-order valence-corrected chi connectivity index (χ0v) is 13.2. The number of aromatic amines is 1. The minimum absolute atomic E-state index is 0.0892. The summed E-state index contributed by atoms with van der Waals surface area (Å²) >= 11 is 0. The molecule has 0 saturated carbocycles. The van der Waals surface area contributed by atoms with Gasteiger partial charge in [0.1, 0.15) is 0 Å².